The Morgan fingerprint density at radius 3 is 2.84 bits per heavy atom. The van der Waals surface area contributed by atoms with Crippen LogP contribution in [0.15, 0.2) is 35.3 Å². The van der Waals surface area contributed by atoms with Gasteiger partial charge in [0.05, 0.1) is 6.04 Å². The van der Waals surface area contributed by atoms with E-state index in [1.807, 2.05) is 32.2 Å². The van der Waals surface area contributed by atoms with E-state index in [4.69, 9.17) is 9.47 Å². The standard InChI is InChI=1S/C19H20N2O4/c1-12-8-16(22)14(10-20(12)2)19(23)21-7-3-4-15(21)13-5-6-17-18(9-13)25-11-24-17/h5-6,8-10,15H,3-4,7,11H2,1-2H3. The molecule has 1 unspecified atom stereocenters. The van der Waals surface area contributed by atoms with E-state index in [0.29, 0.717) is 12.3 Å². The van der Waals surface area contributed by atoms with Gasteiger partial charge in [-0.25, -0.2) is 0 Å². The molecule has 1 amide bonds. The van der Waals surface area contributed by atoms with Gasteiger partial charge in [-0.1, -0.05) is 6.07 Å². The second kappa shape index (κ2) is 5.95. The zero-order valence-electron chi connectivity index (χ0n) is 14.3. The molecule has 25 heavy (non-hydrogen) atoms. The van der Waals surface area contributed by atoms with Gasteiger partial charge in [-0.05, 0) is 37.5 Å². The fourth-order valence-corrected chi connectivity index (χ4v) is 3.52. The van der Waals surface area contributed by atoms with E-state index in [9.17, 15) is 9.59 Å². The number of aromatic nitrogens is 1. The maximum absolute atomic E-state index is 13.0. The molecule has 0 N–H and O–H groups in total. The highest BCUT2D eigenvalue weighted by Gasteiger charge is 2.32. The first-order valence-corrected chi connectivity index (χ1v) is 8.42. The molecule has 4 rings (SSSR count). The molecule has 2 aliphatic rings. The lowest BCUT2D eigenvalue weighted by atomic mass is 10.0. The number of fused-ring (bicyclic) bond motifs is 1. The van der Waals surface area contributed by atoms with Gasteiger partial charge in [0.15, 0.2) is 16.9 Å². The number of carbonyl (C=O) groups excluding carboxylic acids is 1. The second-order valence-electron chi connectivity index (χ2n) is 6.57. The molecule has 6 heteroatoms. The van der Waals surface area contributed by atoms with Crippen LogP contribution < -0.4 is 14.9 Å². The van der Waals surface area contributed by atoms with Gasteiger partial charge in [-0.15, -0.1) is 0 Å². The predicted molar refractivity (Wildman–Crippen MR) is 92.0 cm³/mol. The number of carbonyl (C=O) groups is 1. The first-order valence-electron chi connectivity index (χ1n) is 8.42. The Hall–Kier alpha value is -2.76. The third-order valence-corrected chi connectivity index (χ3v) is 5.01. The average molecular weight is 340 g/mol. The van der Waals surface area contributed by atoms with Crippen LogP contribution in [-0.4, -0.2) is 28.7 Å². The number of benzene rings is 1. The average Bonchev–Trinajstić information content (AvgIpc) is 3.25. The fraction of sp³-hybridized carbons (Fsp3) is 0.368. The van der Waals surface area contributed by atoms with Crippen LogP contribution in [-0.2, 0) is 7.05 Å². The van der Waals surface area contributed by atoms with E-state index in [1.165, 1.54) is 6.07 Å². The Labute approximate surface area is 145 Å². The lowest BCUT2D eigenvalue weighted by molar-refractivity contribution is 0.0733. The van der Waals surface area contributed by atoms with Crippen molar-refractivity contribution < 1.29 is 14.3 Å². The molecule has 3 heterocycles. The summed E-state index contributed by atoms with van der Waals surface area (Å²) in [7, 11) is 1.84. The second-order valence-corrected chi connectivity index (χ2v) is 6.57. The number of hydrogen-bond acceptors (Lipinski definition) is 4. The summed E-state index contributed by atoms with van der Waals surface area (Å²) in [4.78, 5) is 27.1. The molecule has 0 spiro atoms. The Kier molecular flexibility index (Phi) is 3.75. The monoisotopic (exact) mass is 340 g/mol. The molecule has 0 saturated carbocycles. The van der Waals surface area contributed by atoms with E-state index < -0.39 is 0 Å². The number of nitrogens with zero attached hydrogens (tertiary/aromatic N) is 2. The van der Waals surface area contributed by atoms with Crippen molar-refractivity contribution in [3.8, 4) is 11.5 Å². The molecule has 6 nitrogen and oxygen atoms in total. The highest BCUT2D eigenvalue weighted by Crippen LogP contribution is 2.39. The molecule has 1 aromatic heterocycles. The van der Waals surface area contributed by atoms with Crippen molar-refractivity contribution in [2.24, 2.45) is 7.05 Å². The lowest BCUT2D eigenvalue weighted by Crippen LogP contribution is -2.34. The molecule has 130 valence electrons. The summed E-state index contributed by atoms with van der Waals surface area (Å²) in [5, 5.41) is 0. The van der Waals surface area contributed by atoms with Crippen LogP contribution in [0.5, 0.6) is 11.5 Å². The number of likely N-dealkylation sites (tertiary alicyclic amines) is 1. The van der Waals surface area contributed by atoms with Crippen LogP contribution in [0, 0.1) is 6.92 Å². The third-order valence-electron chi connectivity index (χ3n) is 5.01. The van der Waals surface area contributed by atoms with Crippen molar-refractivity contribution in [3.63, 3.8) is 0 Å². The predicted octanol–water partition coefficient (Wildman–Crippen LogP) is 2.40. The highest BCUT2D eigenvalue weighted by atomic mass is 16.7. The van der Waals surface area contributed by atoms with Crippen molar-refractivity contribution in [3.05, 3.63) is 57.5 Å². The first kappa shape index (κ1) is 15.7. The molecular weight excluding hydrogens is 320 g/mol. The molecular formula is C19H20N2O4. The number of aryl methyl sites for hydroxylation is 2. The minimum atomic E-state index is -0.225. The van der Waals surface area contributed by atoms with Crippen LogP contribution >= 0.6 is 0 Å². The lowest BCUT2D eigenvalue weighted by Gasteiger charge is -2.25. The molecule has 0 radical (unpaired) electrons. The minimum Gasteiger partial charge on any atom is -0.454 e. The summed E-state index contributed by atoms with van der Waals surface area (Å²) in [6.07, 6.45) is 3.42. The van der Waals surface area contributed by atoms with E-state index >= 15 is 0 Å². The zero-order chi connectivity index (χ0) is 17.6. The highest BCUT2D eigenvalue weighted by molar-refractivity contribution is 5.94. The van der Waals surface area contributed by atoms with Crippen LogP contribution in [0.4, 0.5) is 0 Å². The van der Waals surface area contributed by atoms with Gasteiger partial charge in [0.25, 0.3) is 5.91 Å². The largest absolute Gasteiger partial charge is 0.454 e. The van der Waals surface area contributed by atoms with Gasteiger partial charge in [0.1, 0.15) is 5.56 Å². The molecule has 2 aliphatic heterocycles. The Balaban J connectivity index is 1.67. The Bertz CT molecular complexity index is 903. The summed E-state index contributed by atoms with van der Waals surface area (Å²) in [6.45, 7) is 2.72. The van der Waals surface area contributed by atoms with Gasteiger partial charge in [-0.2, -0.15) is 0 Å². The van der Waals surface area contributed by atoms with Gasteiger partial charge >= 0.3 is 0 Å². The van der Waals surface area contributed by atoms with Crippen molar-refractivity contribution >= 4 is 5.91 Å². The van der Waals surface area contributed by atoms with E-state index in [2.05, 4.69) is 0 Å². The minimum absolute atomic E-state index is 0.0481. The molecule has 0 bridgehead atoms. The number of hydrogen-bond donors (Lipinski definition) is 0. The van der Waals surface area contributed by atoms with Crippen LogP contribution in [0.3, 0.4) is 0 Å². The summed E-state index contributed by atoms with van der Waals surface area (Å²) < 4.78 is 12.6. The topological polar surface area (TPSA) is 60.8 Å². The molecule has 1 fully saturated rings. The number of rotatable bonds is 2. The van der Waals surface area contributed by atoms with Crippen molar-refractivity contribution in [2.45, 2.75) is 25.8 Å². The summed E-state index contributed by atoms with van der Waals surface area (Å²) >= 11 is 0. The first-order chi connectivity index (χ1) is 12.0. The van der Waals surface area contributed by atoms with Crippen molar-refractivity contribution in [1.29, 1.82) is 0 Å². The quantitative estimate of drug-likeness (QED) is 0.842. The van der Waals surface area contributed by atoms with Crippen molar-refractivity contribution in [1.82, 2.24) is 9.47 Å². The van der Waals surface area contributed by atoms with Crippen LogP contribution in [0.25, 0.3) is 0 Å². The number of pyridine rings is 1. The summed E-state index contributed by atoms with van der Waals surface area (Å²) in [5.41, 5.74) is 1.84. The Morgan fingerprint density at radius 1 is 1.20 bits per heavy atom. The molecule has 2 aromatic rings. The maximum atomic E-state index is 13.0. The number of amides is 1. The van der Waals surface area contributed by atoms with Gasteiger partial charge in [-0.3, -0.25) is 9.59 Å². The molecule has 0 aliphatic carbocycles. The molecule has 1 saturated heterocycles. The fourth-order valence-electron chi connectivity index (χ4n) is 3.52. The van der Waals surface area contributed by atoms with Gasteiger partial charge in [0.2, 0.25) is 6.79 Å². The maximum Gasteiger partial charge on any atom is 0.259 e. The third kappa shape index (κ3) is 2.67. The zero-order valence-corrected chi connectivity index (χ0v) is 14.3. The van der Waals surface area contributed by atoms with Crippen molar-refractivity contribution in [2.75, 3.05) is 13.3 Å². The van der Waals surface area contributed by atoms with Crippen LogP contribution in [0.2, 0.25) is 0 Å². The normalized spacial score (nSPS) is 18.6. The molecule has 1 aromatic carbocycles. The summed E-state index contributed by atoms with van der Waals surface area (Å²) in [5.74, 6) is 1.23. The molecule has 1 atom stereocenters. The Morgan fingerprint density at radius 2 is 2.00 bits per heavy atom. The smallest absolute Gasteiger partial charge is 0.259 e. The van der Waals surface area contributed by atoms with E-state index in [1.54, 1.807) is 15.7 Å². The number of ether oxygens (including phenoxy) is 2. The van der Waals surface area contributed by atoms with E-state index in [-0.39, 0.29) is 29.7 Å². The van der Waals surface area contributed by atoms with Gasteiger partial charge < -0.3 is 18.9 Å². The summed E-state index contributed by atoms with van der Waals surface area (Å²) in [6, 6.07) is 7.25. The van der Waals surface area contributed by atoms with E-state index in [0.717, 1.165) is 29.8 Å². The SMILES string of the molecule is Cc1cc(=O)c(C(=O)N2CCCC2c2ccc3c(c2)OCO3)cn1C. The van der Waals surface area contributed by atoms with Gasteiger partial charge in [0, 0.05) is 31.5 Å². The van der Waals surface area contributed by atoms with Crippen LogP contribution in [0.1, 0.15) is 40.5 Å².